The number of amides is 1. The summed E-state index contributed by atoms with van der Waals surface area (Å²) in [5.41, 5.74) is 1.48. The number of ether oxygens (including phenoxy) is 1. The molecular weight excluding hydrogens is 396 g/mol. The second kappa shape index (κ2) is 7.63. The Bertz CT molecular complexity index is 1100. The zero-order valence-electron chi connectivity index (χ0n) is 15.6. The molecule has 0 bridgehead atoms. The van der Waals surface area contributed by atoms with E-state index in [-0.39, 0.29) is 17.6 Å². The quantitative estimate of drug-likeness (QED) is 0.489. The first-order valence-electron chi connectivity index (χ1n) is 9.11. The highest BCUT2D eigenvalue weighted by molar-refractivity contribution is 6.31. The summed E-state index contributed by atoms with van der Waals surface area (Å²) in [7, 11) is 1.61. The molecule has 2 heterocycles. The average molecular weight is 415 g/mol. The summed E-state index contributed by atoms with van der Waals surface area (Å²) in [6.07, 6.45) is 0.766. The Balaban J connectivity index is 1.49. The standard InChI is InChI=1S/C20H19ClN4O4/c1-29-18-6-5-13(21)10-17(18)24-8-7-14(11-24)22-20(26)15-9-12-3-2-4-16(25(27)28)19(12)23-15/h2-6,9-10,14,23H,7-8,11H2,1H3,(H,22,26). The minimum atomic E-state index is -0.465. The zero-order valence-corrected chi connectivity index (χ0v) is 16.4. The fourth-order valence-corrected chi connectivity index (χ4v) is 3.85. The number of nitro benzene ring substituents is 1. The molecule has 1 amide bonds. The van der Waals surface area contributed by atoms with Crippen molar-refractivity contribution in [3.63, 3.8) is 0 Å². The molecule has 0 radical (unpaired) electrons. The number of halogens is 1. The maximum atomic E-state index is 12.7. The van der Waals surface area contributed by atoms with Gasteiger partial charge in [0, 0.05) is 35.6 Å². The molecule has 1 saturated heterocycles. The van der Waals surface area contributed by atoms with Crippen molar-refractivity contribution in [2.45, 2.75) is 12.5 Å². The topological polar surface area (TPSA) is 100 Å². The Morgan fingerprint density at radius 3 is 2.93 bits per heavy atom. The monoisotopic (exact) mass is 414 g/mol. The number of nitrogens with one attached hydrogen (secondary N) is 2. The molecule has 4 rings (SSSR count). The highest BCUT2D eigenvalue weighted by Crippen LogP contribution is 2.33. The van der Waals surface area contributed by atoms with Gasteiger partial charge < -0.3 is 19.9 Å². The van der Waals surface area contributed by atoms with Crippen LogP contribution >= 0.6 is 11.6 Å². The summed E-state index contributed by atoms with van der Waals surface area (Å²) in [6.45, 7) is 1.36. The smallest absolute Gasteiger partial charge is 0.293 e. The van der Waals surface area contributed by atoms with Gasteiger partial charge in [-0.1, -0.05) is 23.7 Å². The van der Waals surface area contributed by atoms with E-state index in [1.165, 1.54) is 6.07 Å². The second-order valence-electron chi connectivity index (χ2n) is 6.90. The van der Waals surface area contributed by atoms with Crippen LogP contribution in [-0.4, -0.2) is 42.1 Å². The number of nitrogens with zero attached hydrogens (tertiary/aromatic N) is 2. The van der Waals surface area contributed by atoms with E-state index in [2.05, 4.69) is 15.2 Å². The number of nitro groups is 1. The van der Waals surface area contributed by atoms with Crippen LogP contribution in [0.4, 0.5) is 11.4 Å². The Morgan fingerprint density at radius 1 is 1.34 bits per heavy atom. The molecule has 1 unspecified atom stereocenters. The van der Waals surface area contributed by atoms with Gasteiger partial charge >= 0.3 is 0 Å². The van der Waals surface area contributed by atoms with E-state index in [4.69, 9.17) is 16.3 Å². The Labute approximate surface area is 171 Å². The van der Waals surface area contributed by atoms with Gasteiger partial charge in [0.15, 0.2) is 0 Å². The van der Waals surface area contributed by atoms with Crippen LogP contribution in [0.15, 0.2) is 42.5 Å². The molecule has 0 aliphatic carbocycles. The predicted octanol–water partition coefficient (Wildman–Crippen LogP) is 3.75. The van der Waals surface area contributed by atoms with E-state index in [9.17, 15) is 14.9 Å². The SMILES string of the molecule is COc1ccc(Cl)cc1N1CCC(NC(=O)c2cc3cccc([N+](=O)[O-])c3[nH]2)C1. The lowest BCUT2D eigenvalue weighted by atomic mass is 10.2. The van der Waals surface area contributed by atoms with Gasteiger partial charge in [-0.3, -0.25) is 14.9 Å². The number of fused-ring (bicyclic) bond motifs is 1. The molecule has 3 aromatic rings. The number of rotatable bonds is 5. The van der Waals surface area contributed by atoms with Crippen LogP contribution in [0.1, 0.15) is 16.9 Å². The first-order chi connectivity index (χ1) is 14.0. The summed E-state index contributed by atoms with van der Waals surface area (Å²) in [4.78, 5) is 28.4. The van der Waals surface area contributed by atoms with E-state index in [1.807, 2.05) is 12.1 Å². The van der Waals surface area contributed by atoms with Crippen LogP contribution in [-0.2, 0) is 0 Å². The predicted molar refractivity (Wildman–Crippen MR) is 111 cm³/mol. The van der Waals surface area contributed by atoms with Crippen LogP contribution in [0.3, 0.4) is 0 Å². The third-order valence-electron chi connectivity index (χ3n) is 5.08. The number of carbonyl (C=O) groups excluding carboxylic acids is 1. The normalized spacial score (nSPS) is 16.2. The minimum absolute atomic E-state index is 0.0540. The lowest BCUT2D eigenvalue weighted by molar-refractivity contribution is -0.383. The number of non-ortho nitro benzene ring substituents is 1. The molecule has 9 heteroatoms. The molecule has 2 aromatic carbocycles. The van der Waals surface area contributed by atoms with Gasteiger partial charge in [-0.05, 0) is 30.7 Å². The molecule has 0 saturated carbocycles. The first kappa shape index (κ1) is 19.1. The van der Waals surface area contributed by atoms with Gasteiger partial charge in [-0.25, -0.2) is 0 Å². The third-order valence-corrected chi connectivity index (χ3v) is 5.32. The number of aromatic nitrogens is 1. The molecule has 1 aliphatic rings. The number of anilines is 1. The van der Waals surface area contributed by atoms with Gasteiger partial charge in [0.2, 0.25) is 0 Å². The summed E-state index contributed by atoms with van der Waals surface area (Å²) in [6, 6.07) is 11.8. The number of hydrogen-bond acceptors (Lipinski definition) is 5. The van der Waals surface area contributed by atoms with Crippen molar-refractivity contribution in [2.24, 2.45) is 0 Å². The van der Waals surface area contributed by atoms with Crippen LogP contribution in [0.2, 0.25) is 5.02 Å². The highest BCUT2D eigenvalue weighted by atomic mass is 35.5. The van der Waals surface area contributed by atoms with E-state index in [0.29, 0.717) is 28.2 Å². The largest absolute Gasteiger partial charge is 0.495 e. The van der Waals surface area contributed by atoms with Crippen molar-refractivity contribution in [3.8, 4) is 5.75 Å². The zero-order chi connectivity index (χ0) is 20.5. The van der Waals surface area contributed by atoms with E-state index in [0.717, 1.165) is 24.4 Å². The number of para-hydroxylation sites is 1. The lowest BCUT2D eigenvalue weighted by Crippen LogP contribution is -2.37. The number of benzene rings is 2. The molecule has 2 N–H and O–H groups in total. The lowest BCUT2D eigenvalue weighted by Gasteiger charge is -2.21. The fraction of sp³-hybridized carbons (Fsp3) is 0.250. The van der Waals surface area contributed by atoms with E-state index in [1.54, 1.807) is 31.4 Å². The third kappa shape index (κ3) is 3.71. The second-order valence-corrected chi connectivity index (χ2v) is 7.34. The van der Waals surface area contributed by atoms with Crippen LogP contribution in [0, 0.1) is 10.1 Å². The number of carbonyl (C=O) groups is 1. The number of H-pyrrole nitrogens is 1. The summed E-state index contributed by atoms with van der Waals surface area (Å²) < 4.78 is 5.41. The minimum Gasteiger partial charge on any atom is -0.495 e. The maximum absolute atomic E-state index is 12.7. The van der Waals surface area contributed by atoms with Crippen LogP contribution in [0.25, 0.3) is 10.9 Å². The van der Waals surface area contributed by atoms with Crippen molar-refractivity contribution in [2.75, 3.05) is 25.1 Å². The van der Waals surface area contributed by atoms with Crippen molar-refractivity contribution in [1.29, 1.82) is 0 Å². The van der Waals surface area contributed by atoms with Gasteiger partial charge in [-0.2, -0.15) is 0 Å². The first-order valence-corrected chi connectivity index (χ1v) is 9.49. The van der Waals surface area contributed by atoms with Crippen molar-refractivity contribution < 1.29 is 14.5 Å². The number of methoxy groups -OCH3 is 1. The molecule has 1 fully saturated rings. The Kier molecular flexibility index (Phi) is 5.02. The van der Waals surface area contributed by atoms with Gasteiger partial charge in [0.05, 0.1) is 17.7 Å². The molecule has 1 atom stereocenters. The number of hydrogen-bond donors (Lipinski definition) is 2. The molecule has 0 spiro atoms. The number of aromatic amines is 1. The fourth-order valence-electron chi connectivity index (χ4n) is 3.68. The van der Waals surface area contributed by atoms with Gasteiger partial charge in [0.1, 0.15) is 17.0 Å². The molecule has 29 heavy (non-hydrogen) atoms. The van der Waals surface area contributed by atoms with Gasteiger partial charge in [0.25, 0.3) is 11.6 Å². The van der Waals surface area contributed by atoms with E-state index >= 15 is 0 Å². The molecule has 1 aromatic heterocycles. The van der Waals surface area contributed by atoms with Crippen LogP contribution < -0.4 is 15.0 Å². The average Bonchev–Trinajstić information content (AvgIpc) is 3.34. The molecule has 8 nitrogen and oxygen atoms in total. The van der Waals surface area contributed by atoms with Crippen molar-refractivity contribution in [1.82, 2.24) is 10.3 Å². The summed E-state index contributed by atoms with van der Waals surface area (Å²) in [5, 5.41) is 15.4. The van der Waals surface area contributed by atoms with Crippen molar-refractivity contribution >= 4 is 39.8 Å². The Hall–Kier alpha value is -3.26. The summed E-state index contributed by atoms with van der Waals surface area (Å²) in [5.74, 6) is 0.435. The van der Waals surface area contributed by atoms with Crippen molar-refractivity contribution in [3.05, 3.63) is 63.3 Å². The van der Waals surface area contributed by atoms with Gasteiger partial charge in [-0.15, -0.1) is 0 Å². The highest BCUT2D eigenvalue weighted by Gasteiger charge is 2.27. The Morgan fingerprint density at radius 2 is 2.17 bits per heavy atom. The maximum Gasteiger partial charge on any atom is 0.293 e. The summed E-state index contributed by atoms with van der Waals surface area (Å²) >= 11 is 6.12. The molecule has 150 valence electrons. The van der Waals surface area contributed by atoms with E-state index < -0.39 is 4.92 Å². The van der Waals surface area contributed by atoms with Crippen LogP contribution in [0.5, 0.6) is 5.75 Å². The molecule has 1 aliphatic heterocycles. The molecular formula is C20H19ClN4O4.